The van der Waals surface area contributed by atoms with Crippen LogP contribution in [0.2, 0.25) is 0 Å². The molecule has 3 unspecified atom stereocenters. The van der Waals surface area contributed by atoms with E-state index in [-0.39, 0.29) is 12.6 Å². The van der Waals surface area contributed by atoms with Crippen molar-refractivity contribution in [2.24, 2.45) is 5.92 Å². The van der Waals surface area contributed by atoms with E-state index in [9.17, 15) is 0 Å². The summed E-state index contributed by atoms with van der Waals surface area (Å²) in [5, 5.41) is 0. The molecule has 0 bridgehead atoms. The van der Waals surface area contributed by atoms with Gasteiger partial charge in [-0.25, -0.2) is 0 Å². The van der Waals surface area contributed by atoms with Crippen molar-refractivity contribution in [2.75, 3.05) is 14.2 Å². The van der Waals surface area contributed by atoms with E-state index in [4.69, 9.17) is 14.2 Å². The van der Waals surface area contributed by atoms with Gasteiger partial charge < -0.3 is 14.2 Å². The molecule has 0 spiro atoms. The molecule has 1 aliphatic rings. The first kappa shape index (κ1) is 11.9. The third-order valence-electron chi connectivity index (χ3n) is 2.14. The van der Waals surface area contributed by atoms with Crippen molar-refractivity contribution in [1.29, 1.82) is 0 Å². The average molecular weight is 318 g/mol. The molecule has 1 saturated heterocycles. The third-order valence-corrected chi connectivity index (χ3v) is 2.89. The second-order valence-corrected chi connectivity index (χ2v) is 6.47. The van der Waals surface area contributed by atoms with Gasteiger partial charge in [0, 0.05) is 26.6 Å². The lowest BCUT2D eigenvalue weighted by molar-refractivity contribution is -0.193. The lowest BCUT2D eigenvalue weighted by Crippen LogP contribution is -2.19. The minimum Gasteiger partial charge on any atom is -0.356 e. The Kier molecular flexibility index (Phi) is 5.18. The summed E-state index contributed by atoms with van der Waals surface area (Å²) >= 11 is 6.90. The van der Waals surface area contributed by atoms with Crippen LogP contribution in [0, 0.1) is 5.92 Å². The second kappa shape index (κ2) is 5.66. The number of rotatable bonds is 4. The van der Waals surface area contributed by atoms with E-state index in [1.165, 1.54) is 0 Å². The summed E-state index contributed by atoms with van der Waals surface area (Å²) < 4.78 is 16.1. The number of hydrogen-bond acceptors (Lipinski definition) is 3. The van der Waals surface area contributed by atoms with Crippen LogP contribution in [0.15, 0.2) is 0 Å². The van der Waals surface area contributed by atoms with Crippen LogP contribution in [0.25, 0.3) is 0 Å². The highest BCUT2D eigenvalue weighted by Gasteiger charge is 2.35. The van der Waals surface area contributed by atoms with Gasteiger partial charge in [-0.15, -0.1) is 0 Å². The summed E-state index contributed by atoms with van der Waals surface area (Å²) in [7, 11) is 3.31. The summed E-state index contributed by atoms with van der Waals surface area (Å²) in [6.45, 7) is 0. The number of ether oxygens (including phenoxy) is 3. The Balaban J connectivity index is 2.43. The zero-order valence-corrected chi connectivity index (χ0v) is 10.9. The minimum atomic E-state index is -0.137. The minimum absolute atomic E-state index is 0.117. The molecule has 13 heavy (non-hydrogen) atoms. The maximum absolute atomic E-state index is 5.49. The van der Waals surface area contributed by atoms with Crippen LogP contribution in [0.1, 0.15) is 12.8 Å². The monoisotopic (exact) mass is 316 g/mol. The van der Waals surface area contributed by atoms with Crippen LogP contribution in [0.3, 0.4) is 0 Å². The van der Waals surface area contributed by atoms with Crippen molar-refractivity contribution < 1.29 is 14.2 Å². The van der Waals surface area contributed by atoms with Crippen molar-refractivity contribution >= 4 is 31.9 Å². The molecule has 1 aliphatic heterocycles. The maximum Gasteiger partial charge on any atom is 0.163 e. The third kappa shape index (κ3) is 3.47. The molecule has 0 aliphatic carbocycles. The first-order chi connectivity index (χ1) is 6.17. The zero-order chi connectivity index (χ0) is 9.84. The van der Waals surface area contributed by atoms with E-state index in [1.807, 2.05) is 0 Å². The summed E-state index contributed by atoms with van der Waals surface area (Å²) in [4.78, 5) is 0. The first-order valence-corrected chi connectivity index (χ1v) is 5.99. The van der Waals surface area contributed by atoms with E-state index in [0.717, 1.165) is 12.8 Å². The van der Waals surface area contributed by atoms with Gasteiger partial charge in [0.15, 0.2) is 12.6 Å². The van der Waals surface area contributed by atoms with Gasteiger partial charge in [0.2, 0.25) is 0 Å². The van der Waals surface area contributed by atoms with Gasteiger partial charge in [0.1, 0.15) is 0 Å². The number of halogens is 2. The van der Waals surface area contributed by atoms with Crippen LogP contribution >= 0.6 is 31.9 Å². The topological polar surface area (TPSA) is 27.7 Å². The SMILES string of the molecule is COC1CC(CC(Br)Br)C(OC)O1. The Morgan fingerprint density at radius 1 is 1.38 bits per heavy atom. The van der Waals surface area contributed by atoms with Crippen LogP contribution in [0.5, 0.6) is 0 Å². The van der Waals surface area contributed by atoms with E-state index in [0.29, 0.717) is 9.65 Å². The van der Waals surface area contributed by atoms with E-state index < -0.39 is 0 Å². The maximum atomic E-state index is 5.49. The number of alkyl halides is 2. The Bertz CT molecular complexity index is 154. The molecule has 0 saturated carbocycles. The molecule has 0 aromatic rings. The van der Waals surface area contributed by atoms with Crippen molar-refractivity contribution in [3.8, 4) is 0 Å². The standard InChI is InChI=1S/C8H14Br2O3/c1-11-7-4-5(3-6(9)10)8(12-2)13-7/h5-8H,3-4H2,1-2H3. The molecule has 0 aromatic carbocycles. The molecule has 0 radical (unpaired) electrons. The Labute approximate surface area is 95.4 Å². The quantitative estimate of drug-likeness (QED) is 0.746. The first-order valence-electron chi connectivity index (χ1n) is 4.16. The van der Waals surface area contributed by atoms with Crippen molar-refractivity contribution in [2.45, 2.75) is 29.2 Å². The van der Waals surface area contributed by atoms with Gasteiger partial charge in [0.05, 0.1) is 3.74 Å². The largest absolute Gasteiger partial charge is 0.356 e. The predicted octanol–water partition coefficient (Wildman–Crippen LogP) is 2.47. The highest BCUT2D eigenvalue weighted by molar-refractivity contribution is 9.24. The molecule has 3 nitrogen and oxygen atoms in total. The summed E-state index contributed by atoms with van der Waals surface area (Å²) in [5.74, 6) is 0.388. The van der Waals surface area contributed by atoms with Crippen LogP contribution in [-0.2, 0) is 14.2 Å². The fraction of sp³-hybridized carbons (Fsp3) is 1.00. The molecule has 0 amide bonds. The molecule has 0 N–H and O–H groups in total. The van der Waals surface area contributed by atoms with E-state index in [2.05, 4.69) is 31.9 Å². The van der Waals surface area contributed by atoms with E-state index in [1.54, 1.807) is 14.2 Å². The summed E-state index contributed by atoms with van der Waals surface area (Å²) in [6, 6.07) is 0. The highest BCUT2D eigenvalue weighted by Crippen LogP contribution is 2.33. The Hall–Kier alpha value is 0.840. The molecule has 78 valence electrons. The fourth-order valence-electron chi connectivity index (χ4n) is 1.51. The smallest absolute Gasteiger partial charge is 0.163 e. The molecule has 1 fully saturated rings. The van der Waals surface area contributed by atoms with Gasteiger partial charge in [-0.2, -0.15) is 0 Å². The summed E-state index contributed by atoms with van der Waals surface area (Å²) in [5.41, 5.74) is 0. The van der Waals surface area contributed by atoms with E-state index >= 15 is 0 Å². The lowest BCUT2D eigenvalue weighted by Gasteiger charge is -2.16. The molecular weight excluding hydrogens is 304 g/mol. The molecule has 0 aromatic heterocycles. The van der Waals surface area contributed by atoms with Crippen molar-refractivity contribution in [1.82, 2.24) is 0 Å². The van der Waals surface area contributed by atoms with Crippen LogP contribution in [-0.4, -0.2) is 30.5 Å². The zero-order valence-electron chi connectivity index (χ0n) is 7.70. The molecule has 1 heterocycles. The highest BCUT2D eigenvalue weighted by atomic mass is 79.9. The van der Waals surface area contributed by atoms with Crippen LogP contribution < -0.4 is 0 Å². The predicted molar refractivity (Wildman–Crippen MR) is 57.0 cm³/mol. The van der Waals surface area contributed by atoms with Gasteiger partial charge in [-0.3, -0.25) is 0 Å². The van der Waals surface area contributed by atoms with Crippen molar-refractivity contribution in [3.63, 3.8) is 0 Å². The second-order valence-electron chi connectivity index (χ2n) is 3.03. The Morgan fingerprint density at radius 3 is 2.54 bits per heavy atom. The Morgan fingerprint density at radius 2 is 2.08 bits per heavy atom. The van der Waals surface area contributed by atoms with Gasteiger partial charge in [-0.1, -0.05) is 31.9 Å². The molecule has 5 heteroatoms. The molecule has 1 rings (SSSR count). The molecule has 3 atom stereocenters. The molecular formula is C8H14Br2O3. The van der Waals surface area contributed by atoms with Gasteiger partial charge >= 0.3 is 0 Å². The van der Waals surface area contributed by atoms with Gasteiger partial charge in [-0.05, 0) is 6.42 Å². The normalized spacial score (nSPS) is 34.4. The van der Waals surface area contributed by atoms with Gasteiger partial charge in [0.25, 0.3) is 0 Å². The number of hydrogen-bond donors (Lipinski definition) is 0. The average Bonchev–Trinajstić information content (AvgIpc) is 2.46. The lowest BCUT2D eigenvalue weighted by atomic mass is 10.0. The number of methoxy groups -OCH3 is 2. The fourth-order valence-corrected chi connectivity index (χ4v) is 2.47. The summed E-state index contributed by atoms with van der Waals surface area (Å²) in [6.07, 6.45) is 1.61. The van der Waals surface area contributed by atoms with Crippen molar-refractivity contribution in [3.05, 3.63) is 0 Å². The van der Waals surface area contributed by atoms with Crippen LogP contribution in [0.4, 0.5) is 0 Å².